The van der Waals surface area contributed by atoms with Gasteiger partial charge in [-0.1, -0.05) is 41.5 Å². The third-order valence-electron chi connectivity index (χ3n) is 3.86. The average molecular weight is 333 g/mol. The standard InChI is InChI=1S/C16H29ClN2OS/c1-14(2,3)11-9-19(16(7,8)21-17)10-12(20)18-13(11)15(4,5)6/h9-10H2,1-8H3,(H,18,20). The molecular weight excluding hydrogens is 304 g/mol. The third-order valence-corrected chi connectivity index (χ3v) is 5.62. The Bertz CT molecular complexity index is 444. The molecule has 1 rings (SSSR count). The van der Waals surface area contributed by atoms with Crippen molar-refractivity contribution in [3.8, 4) is 0 Å². The van der Waals surface area contributed by atoms with E-state index in [1.165, 1.54) is 16.5 Å². The van der Waals surface area contributed by atoms with Crippen LogP contribution in [-0.4, -0.2) is 28.8 Å². The topological polar surface area (TPSA) is 32.3 Å². The fourth-order valence-corrected chi connectivity index (χ4v) is 2.95. The third kappa shape index (κ3) is 4.64. The van der Waals surface area contributed by atoms with Gasteiger partial charge in [-0.05, 0) is 46.5 Å². The average Bonchev–Trinajstić information content (AvgIpc) is 2.47. The van der Waals surface area contributed by atoms with Crippen LogP contribution < -0.4 is 5.32 Å². The van der Waals surface area contributed by atoms with Crippen LogP contribution >= 0.6 is 21.7 Å². The van der Waals surface area contributed by atoms with Gasteiger partial charge in [-0.3, -0.25) is 9.69 Å². The summed E-state index contributed by atoms with van der Waals surface area (Å²) in [7, 11) is 7.30. The fraction of sp³-hybridized carbons (Fsp3) is 0.812. The largest absolute Gasteiger partial charge is 0.328 e. The zero-order valence-corrected chi connectivity index (χ0v) is 16.1. The second-order valence-corrected chi connectivity index (χ2v) is 9.90. The number of amides is 1. The van der Waals surface area contributed by atoms with E-state index in [2.05, 4.69) is 65.6 Å². The summed E-state index contributed by atoms with van der Waals surface area (Å²) in [6.45, 7) is 18.3. The quantitative estimate of drug-likeness (QED) is 0.814. The van der Waals surface area contributed by atoms with Crippen molar-refractivity contribution in [3.05, 3.63) is 11.3 Å². The summed E-state index contributed by atoms with van der Waals surface area (Å²) in [6, 6.07) is 0. The van der Waals surface area contributed by atoms with E-state index in [1.807, 2.05) is 0 Å². The van der Waals surface area contributed by atoms with Crippen molar-refractivity contribution >= 4 is 27.6 Å². The zero-order chi connectivity index (χ0) is 16.6. The molecule has 0 unspecified atom stereocenters. The first-order valence-electron chi connectivity index (χ1n) is 7.38. The van der Waals surface area contributed by atoms with Crippen molar-refractivity contribution in [2.45, 2.75) is 60.3 Å². The molecule has 0 bridgehead atoms. The molecule has 0 saturated heterocycles. The molecule has 122 valence electrons. The van der Waals surface area contributed by atoms with Crippen LogP contribution in [0.25, 0.3) is 0 Å². The highest BCUT2D eigenvalue weighted by Crippen LogP contribution is 2.40. The van der Waals surface area contributed by atoms with Gasteiger partial charge in [-0.25, -0.2) is 0 Å². The molecule has 0 aromatic rings. The fourth-order valence-electron chi connectivity index (χ4n) is 2.44. The first kappa shape index (κ1) is 18.9. The highest BCUT2D eigenvalue weighted by atomic mass is 35.7. The number of rotatable bonds is 2. The maximum atomic E-state index is 12.3. The van der Waals surface area contributed by atoms with Gasteiger partial charge in [-0.2, -0.15) is 0 Å². The van der Waals surface area contributed by atoms with Gasteiger partial charge in [0.15, 0.2) is 0 Å². The van der Waals surface area contributed by atoms with Crippen LogP contribution in [0, 0.1) is 10.8 Å². The van der Waals surface area contributed by atoms with Gasteiger partial charge in [0.1, 0.15) is 0 Å². The summed E-state index contributed by atoms with van der Waals surface area (Å²) in [6.07, 6.45) is 0. The van der Waals surface area contributed by atoms with Gasteiger partial charge < -0.3 is 5.32 Å². The van der Waals surface area contributed by atoms with E-state index in [0.717, 1.165) is 12.2 Å². The van der Waals surface area contributed by atoms with Gasteiger partial charge in [-0.15, -0.1) is 0 Å². The van der Waals surface area contributed by atoms with Crippen molar-refractivity contribution in [1.82, 2.24) is 10.2 Å². The number of nitrogens with one attached hydrogen (secondary N) is 1. The molecule has 5 heteroatoms. The molecule has 0 radical (unpaired) electrons. The predicted octanol–water partition coefficient (Wildman–Crippen LogP) is 4.39. The van der Waals surface area contributed by atoms with E-state index in [1.54, 1.807) is 0 Å². The lowest BCUT2D eigenvalue weighted by molar-refractivity contribution is -0.122. The Labute approximate surface area is 138 Å². The van der Waals surface area contributed by atoms with E-state index in [4.69, 9.17) is 10.7 Å². The van der Waals surface area contributed by atoms with Crippen LogP contribution in [0.2, 0.25) is 0 Å². The monoisotopic (exact) mass is 332 g/mol. The second kappa shape index (κ2) is 6.13. The van der Waals surface area contributed by atoms with Crippen LogP contribution in [0.15, 0.2) is 11.3 Å². The molecule has 0 spiro atoms. The van der Waals surface area contributed by atoms with E-state index in [-0.39, 0.29) is 21.6 Å². The highest BCUT2D eigenvalue weighted by molar-refractivity contribution is 8.22. The Kier molecular flexibility index (Phi) is 5.51. The van der Waals surface area contributed by atoms with Crippen molar-refractivity contribution in [3.63, 3.8) is 0 Å². The molecule has 0 aromatic carbocycles. The summed E-state index contributed by atoms with van der Waals surface area (Å²) in [5.74, 6) is 0.0398. The number of carbonyl (C=O) groups excluding carboxylic acids is 1. The van der Waals surface area contributed by atoms with Crippen LogP contribution in [0.1, 0.15) is 55.4 Å². The molecule has 1 N–H and O–H groups in total. The minimum absolute atomic E-state index is 0.00839. The first-order valence-corrected chi connectivity index (χ1v) is 9.02. The Morgan fingerprint density at radius 1 is 1.00 bits per heavy atom. The Hall–Kier alpha value is -0.190. The maximum Gasteiger partial charge on any atom is 0.238 e. The molecule has 0 saturated carbocycles. The zero-order valence-electron chi connectivity index (χ0n) is 14.6. The van der Waals surface area contributed by atoms with E-state index < -0.39 is 0 Å². The molecule has 21 heavy (non-hydrogen) atoms. The van der Waals surface area contributed by atoms with Crippen molar-refractivity contribution < 1.29 is 4.79 Å². The molecule has 0 atom stereocenters. The Morgan fingerprint density at radius 3 is 1.90 bits per heavy atom. The van der Waals surface area contributed by atoms with E-state index >= 15 is 0 Å². The maximum absolute atomic E-state index is 12.3. The summed E-state index contributed by atoms with van der Waals surface area (Å²) < 4.78 is 0. The number of hydrogen-bond donors (Lipinski definition) is 1. The summed E-state index contributed by atoms with van der Waals surface area (Å²) >= 11 is 0. The molecule has 3 nitrogen and oxygen atoms in total. The van der Waals surface area contributed by atoms with E-state index in [9.17, 15) is 4.79 Å². The summed E-state index contributed by atoms with van der Waals surface area (Å²) in [5, 5.41) is 3.15. The predicted molar refractivity (Wildman–Crippen MR) is 93.2 cm³/mol. The second-order valence-electron chi connectivity index (χ2n) is 8.28. The van der Waals surface area contributed by atoms with Gasteiger partial charge in [0, 0.05) is 17.7 Å². The van der Waals surface area contributed by atoms with E-state index in [0.29, 0.717) is 6.54 Å². The van der Waals surface area contributed by atoms with Crippen LogP contribution in [0.4, 0.5) is 0 Å². The lowest BCUT2D eigenvalue weighted by atomic mass is 9.78. The smallest absolute Gasteiger partial charge is 0.238 e. The van der Waals surface area contributed by atoms with Gasteiger partial charge >= 0.3 is 0 Å². The molecule has 0 aliphatic carbocycles. The lowest BCUT2D eigenvalue weighted by Crippen LogP contribution is -2.45. The molecule has 0 aromatic heterocycles. The van der Waals surface area contributed by atoms with Gasteiger partial charge in [0.05, 0.1) is 11.4 Å². The molecule has 1 amide bonds. The van der Waals surface area contributed by atoms with Crippen LogP contribution in [0.3, 0.4) is 0 Å². The normalized spacial score (nSPS) is 19.6. The lowest BCUT2D eigenvalue weighted by Gasteiger charge is -2.38. The van der Waals surface area contributed by atoms with Crippen molar-refractivity contribution in [2.75, 3.05) is 13.1 Å². The van der Waals surface area contributed by atoms with Crippen LogP contribution in [-0.2, 0) is 4.79 Å². The first-order chi connectivity index (χ1) is 9.29. The number of halogens is 1. The summed E-state index contributed by atoms with van der Waals surface area (Å²) in [5.41, 5.74) is 2.23. The SMILES string of the molecule is CC(C)(C)C1=C(C(C)(C)C)NC(=O)CN(C(C)(C)SCl)C1. The molecule has 1 aliphatic rings. The number of allylic oxidation sites excluding steroid dienone is 1. The Balaban J connectivity index is 3.39. The highest BCUT2D eigenvalue weighted by Gasteiger charge is 2.38. The molecule has 1 aliphatic heterocycles. The number of nitrogens with zero attached hydrogens (tertiary/aromatic N) is 1. The van der Waals surface area contributed by atoms with Gasteiger partial charge in [0.25, 0.3) is 0 Å². The summed E-state index contributed by atoms with van der Waals surface area (Å²) in [4.78, 5) is 14.2. The number of hydrogen-bond acceptors (Lipinski definition) is 3. The molecular formula is C16H29ClN2OS. The molecule has 0 fully saturated rings. The van der Waals surface area contributed by atoms with Crippen molar-refractivity contribution in [1.29, 1.82) is 0 Å². The Morgan fingerprint density at radius 2 is 1.52 bits per heavy atom. The molecule has 1 heterocycles. The number of carbonyl (C=O) groups is 1. The minimum Gasteiger partial charge on any atom is -0.328 e. The minimum atomic E-state index is -0.289. The van der Waals surface area contributed by atoms with Crippen molar-refractivity contribution in [2.24, 2.45) is 10.8 Å². The van der Waals surface area contributed by atoms with Gasteiger partial charge in [0.2, 0.25) is 5.91 Å². The van der Waals surface area contributed by atoms with Crippen LogP contribution in [0.5, 0.6) is 0 Å².